The zero-order valence-corrected chi connectivity index (χ0v) is 10.6. The van der Waals surface area contributed by atoms with Gasteiger partial charge < -0.3 is 0 Å². The van der Waals surface area contributed by atoms with Gasteiger partial charge in [-0.25, -0.2) is 8.42 Å². The number of nitro benzene ring substituents is 1. The lowest BCUT2D eigenvalue weighted by Crippen LogP contribution is -2.16. The van der Waals surface area contributed by atoms with Crippen molar-refractivity contribution >= 4 is 15.5 Å². The van der Waals surface area contributed by atoms with Gasteiger partial charge in [0, 0.05) is 6.07 Å². The minimum atomic E-state index is -3.70. The van der Waals surface area contributed by atoms with Crippen molar-refractivity contribution in [1.82, 2.24) is 0 Å². The smallest absolute Gasteiger partial charge is 0.258 e. The Balaban J connectivity index is 3.36. The summed E-state index contributed by atoms with van der Waals surface area (Å²) >= 11 is 0. The summed E-state index contributed by atoms with van der Waals surface area (Å²) in [5.41, 5.74) is -0.415. The first kappa shape index (κ1) is 14.1. The largest absolute Gasteiger partial charge is 0.274 e. The molecule has 1 aromatic rings. The fourth-order valence-electron chi connectivity index (χ4n) is 1.62. The van der Waals surface area contributed by atoms with Crippen molar-refractivity contribution in [2.75, 3.05) is 5.75 Å². The van der Waals surface area contributed by atoms with Crippen molar-refractivity contribution in [2.45, 2.75) is 18.6 Å². The summed E-state index contributed by atoms with van der Waals surface area (Å²) in [6.45, 7) is 1.67. The highest BCUT2D eigenvalue weighted by Crippen LogP contribution is 2.30. The number of benzene rings is 1. The summed E-state index contributed by atoms with van der Waals surface area (Å²) in [6.07, 6.45) is 0.362. The molecule has 0 radical (unpaired) electrons. The molecule has 96 valence electrons. The second-order valence-electron chi connectivity index (χ2n) is 3.69. The van der Waals surface area contributed by atoms with Crippen LogP contribution in [0.2, 0.25) is 0 Å². The third-order valence-electron chi connectivity index (χ3n) is 2.38. The van der Waals surface area contributed by atoms with E-state index in [0.29, 0.717) is 6.42 Å². The Kier molecular flexibility index (Phi) is 4.39. The van der Waals surface area contributed by atoms with Crippen LogP contribution in [-0.4, -0.2) is 19.1 Å². The number of nitrogens with zero attached hydrogens (tertiary/aromatic N) is 2. The highest BCUT2D eigenvalue weighted by Gasteiger charge is 2.31. The number of para-hydroxylation sites is 1. The van der Waals surface area contributed by atoms with Crippen LogP contribution in [0.25, 0.3) is 0 Å². The minimum Gasteiger partial charge on any atom is -0.258 e. The fourth-order valence-corrected chi connectivity index (χ4v) is 3.17. The van der Waals surface area contributed by atoms with E-state index in [9.17, 15) is 18.5 Å². The van der Waals surface area contributed by atoms with Crippen LogP contribution in [0.4, 0.5) is 5.69 Å². The molecule has 1 atom stereocenters. The Morgan fingerprint density at radius 3 is 2.56 bits per heavy atom. The van der Waals surface area contributed by atoms with Crippen LogP contribution in [0.15, 0.2) is 24.3 Å². The Morgan fingerprint density at radius 1 is 1.44 bits per heavy atom. The third kappa shape index (κ3) is 2.84. The molecule has 0 bridgehead atoms. The van der Waals surface area contributed by atoms with Crippen LogP contribution >= 0.6 is 0 Å². The molecule has 0 amide bonds. The summed E-state index contributed by atoms with van der Waals surface area (Å²) in [5.74, 6) is -0.169. The van der Waals surface area contributed by atoms with E-state index in [-0.39, 0.29) is 17.0 Å². The number of sulfone groups is 1. The molecule has 6 nitrogen and oxygen atoms in total. The number of hydrogen-bond acceptors (Lipinski definition) is 5. The molecule has 1 aromatic carbocycles. The normalized spacial score (nSPS) is 12.7. The Hall–Kier alpha value is -1.94. The topological polar surface area (TPSA) is 101 Å². The molecule has 0 saturated heterocycles. The highest BCUT2D eigenvalue weighted by molar-refractivity contribution is 7.91. The molecule has 0 aliphatic heterocycles. The number of nitro groups is 1. The van der Waals surface area contributed by atoms with Gasteiger partial charge in [-0.1, -0.05) is 19.1 Å². The Labute approximate surface area is 105 Å². The molecule has 0 unspecified atom stereocenters. The maximum Gasteiger partial charge on any atom is 0.274 e. The maximum absolute atomic E-state index is 11.9. The van der Waals surface area contributed by atoms with Gasteiger partial charge in [-0.05, 0) is 12.5 Å². The quantitative estimate of drug-likeness (QED) is 0.600. The molecule has 0 aliphatic carbocycles. The summed E-state index contributed by atoms with van der Waals surface area (Å²) in [7, 11) is -3.70. The summed E-state index contributed by atoms with van der Waals surface area (Å²) < 4.78 is 23.8. The van der Waals surface area contributed by atoms with E-state index in [0.717, 1.165) is 0 Å². The van der Waals surface area contributed by atoms with Crippen LogP contribution in [0.1, 0.15) is 24.2 Å². The summed E-state index contributed by atoms with van der Waals surface area (Å²) in [5, 5.41) is 18.3. The summed E-state index contributed by atoms with van der Waals surface area (Å²) in [6, 6.07) is 7.06. The van der Waals surface area contributed by atoms with Crippen molar-refractivity contribution < 1.29 is 13.3 Å². The average molecular weight is 268 g/mol. The van der Waals surface area contributed by atoms with E-state index < -0.39 is 20.0 Å². The van der Waals surface area contributed by atoms with Gasteiger partial charge in [0.25, 0.3) is 5.69 Å². The first-order valence-electron chi connectivity index (χ1n) is 5.28. The lowest BCUT2D eigenvalue weighted by atomic mass is 10.1. The lowest BCUT2D eigenvalue weighted by Gasteiger charge is -2.10. The van der Waals surface area contributed by atoms with Crippen molar-refractivity contribution in [3.63, 3.8) is 0 Å². The van der Waals surface area contributed by atoms with Gasteiger partial charge in [0.05, 0.1) is 22.3 Å². The molecular weight excluding hydrogens is 256 g/mol. The zero-order chi connectivity index (χ0) is 13.8. The second kappa shape index (κ2) is 5.60. The van der Waals surface area contributed by atoms with Crippen molar-refractivity contribution in [1.29, 1.82) is 5.26 Å². The Bertz CT molecular complexity index is 589. The van der Waals surface area contributed by atoms with E-state index in [1.807, 2.05) is 0 Å². The van der Waals surface area contributed by atoms with E-state index in [1.165, 1.54) is 24.3 Å². The minimum absolute atomic E-state index is 0.0709. The van der Waals surface area contributed by atoms with Gasteiger partial charge in [0.1, 0.15) is 0 Å². The van der Waals surface area contributed by atoms with E-state index in [2.05, 4.69) is 0 Å². The van der Waals surface area contributed by atoms with Gasteiger partial charge in [0.2, 0.25) is 0 Å². The molecule has 0 heterocycles. The molecule has 7 heteroatoms. The summed E-state index contributed by atoms with van der Waals surface area (Å²) in [4.78, 5) is 10.1. The van der Waals surface area contributed by atoms with Crippen LogP contribution in [-0.2, 0) is 9.84 Å². The monoisotopic (exact) mass is 268 g/mol. The van der Waals surface area contributed by atoms with E-state index in [1.54, 1.807) is 13.0 Å². The Morgan fingerprint density at radius 2 is 2.06 bits per heavy atom. The zero-order valence-electron chi connectivity index (χ0n) is 9.74. The predicted octanol–water partition coefficient (Wildman–Crippen LogP) is 1.98. The molecule has 0 N–H and O–H groups in total. The molecule has 1 rings (SSSR count). The first-order chi connectivity index (χ1) is 8.44. The van der Waals surface area contributed by atoms with Gasteiger partial charge in [0.15, 0.2) is 15.1 Å². The molecule has 0 fully saturated rings. The molecule has 0 aromatic heterocycles. The van der Waals surface area contributed by atoms with Crippen LogP contribution < -0.4 is 0 Å². The molecule has 0 spiro atoms. The van der Waals surface area contributed by atoms with Crippen LogP contribution in [0, 0.1) is 21.4 Å². The number of hydrogen-bond donors (Lipinski definition) is 0. The van der Waals surface area contributed by atoms with Gasteiger partial charge in [-0.3, -0.25) is 10.1 Å². The van der Waals surface area contributed by atoms with Gasteiger partial charge in [-0.15, -0.1) is 0 Å². The molecule has 0 saturated carbocycles. The van der Waals surface area contributed by atoms with Gasteiger partial charge in [-0.2, -0.15) is 5.26 Å². The van der Waals surface area contributed by atoms with Crippen LogP contribution in [0.5, 0.6) is 0 Å². The SMILES string of the molecule is CCCS(=O)(=O)[C@H](C#N)c1ccccc1[N+](=O)[O-]. The van der Waals surface area contributed by atoms with Crippen molar-refractivity contribution in [2.24, 2.45) is 0 Å². The lowest BCUT2D eigenvalue weighted by molar-refractivity contribution is -0.385. The van der Waals surface area contributed by atoms with Gasteiger partial charge >= 0.3 is 0 Å². The predicted molar refractivity (Wildman–Crippen MR) is 65.5 cm³/mol. The first-order valence-corrected chi connectivity index (χ1v) is 7.00. The van der Waals surface area contributed by atoms with E-state index >= 15 is 0 Å². The van der Waals surface area contributed by atoms with Crippen molar-refractivity contribution in [3.05, 3.63) is 39.9 Å². The van der Waals surface area contributed by atoms with Crippen molar-refractivity contribution in [3.8, 4) is 6.07 Å². The second-order valence-corrected chi connectivity index (χ2v) is 5.90. The third-order valence-corrected chi connectivity index (χ3v) is 4.44. The standard InChI is InChI=1S/C11H12N2O4S/c1-2-7-18(16,17)11(8-12)9-5-3-4-6-10(9)13(14)15/h3-6,11H,2,7H2,1H3/t11-/m1/s1. The maximum atomic E-state index is 11.9. The number of rotatable bonds is 5. The molecular formula is C11H12N2O4S. The van der Waals surface area contributed by atoms with Crippen LogP contribution in [0.3, 0.4) is 0 Å². The average Bonchev–Trinajstić information content (AvgIpc) is 2.29. The molecule has 0 aliphatic rings. The highest BCUT2D eigenvalue weighted by atomic mass is 32.2. The van der Waals surface area contributed by atoms with E-state index in [4.69, 9.17) is 5.26 Å². The molecule has 18 heavy (non-hydrogen) atoms. The fraction of sp³-hybridized carbons (Fsp3) is 0.364. The number of nitriles is 1.